The molecule has 1 aromatic heterocycles. The van der Waals surface area contributed by atoms with Gasteiger partial charge in [-0.15, -0.1) is 11.3 Å². The van der Waals surface area contributed by atoms with Crippen molar-refractivity contribution < 1.29 is 9.53 Å². The third kappa shape index (κ3) is 3.77. The molecule has 5 nitrogen and oxygen atoms in total. The van der Waals surface area contributed by atoms with Crippen molar-refractivity contribution in [3.63, 3.8) is 0 Å². The molecule has 2 N–H and O–H groups in total. The Balaban J connectivity index is 1.97. The second-order valence-electron chi connectivity index (χ2n) is 5.35. The van der Waals surface area contributed by atoms with Crippen LogP contribution in [0, 0.1) is 5.92 Å². The molecule has 0 aliphatic carbocycles. The first-order valence-electron chi connectivity index (χ1n) is 7.19. The van der Waals surface area contributed by atoms with E-state index in [0.717, 1.165) is 31.1 Å². The maximum Gasteiger partial charge on any atom is 0.367 e. The van der Waals surface area contributed by atoms with Crippen LogP contribution in [0.15, 0.2) is 5.38 Å². The number of esters is 1. The highest BCUT2D eigenvalue weighted by Gasteiger charge is 2.26. The van der Waals surface area contributed by atoms with Crippen molar-refractivity contribution in [2.45, 2.75) is 39.3 Å². The molecule has 2 atom stereocenters. The number of carbonyl (C=O) groups excluding carboxylic acids is 1. The zero-order valence-corrected chi connectivity index (χ0v) is 13.0. The molecule has 20 heavy (non-hydrogen) atoms. The van der Waals surface area contributed by atoms with Gasteiger partial charge in [-0.1, -0.05) is 6.92 Å². The van der Waals surface area contributed by atoms with Crippen LogP contribution in [0.1, 0.15) is 42.2 Å². The lowest BCUT2D eigenvalue weighted by molar-refractivity contribution is 0.0525. The smallest absolute Gasteiger partial charge is 0.367 e. The number of thiazole rings is 1. The minimum absolute atomic E-state index is 0.327. The van der Waals surface area contributed by atoms with Crippen LogP contribution in [-0.4, -0.2) is 41.6 Å². The molecule has 1 aliphatic heterocycles. The molecule has 112 valence electrons. The number of likely N-dealkylation sites (tertiary alicyclic amines) is 1. The molecule has 0 bridgehead atoms. The molecule has 0 saturated carbocycles. The number of carbonyl (C=O) groups is 1. The van der Waals surface area contributed by atoms with Gasteiger partial charge in [-0.25, -0.2) is 9.78 Å². The fourth-order valence-corrected chi connectivity index (χ4v) is 3.33. The van der Waals surface area contributed by atoms with E-state index in [1.165, 1.54) is 17.8 Å². The molecule has 6 heteroatoms. The SMILES string of the molecule is CCOC(=O)c1nc(CN2CCC(C)CC2CN)cs1. The predicted molar refractivity (Wildman–Crippen MR) is 79.7 cm³/mol. The number of nitrogens with zero attached hydrogens (tertiary/aromatic N) is 2. The maximum atomic E-state index is 11.6. The first-order chi connectivity index (χ1) is 9.63. The summed E-state index contributed by atoms with van der Waals surface area (Å²) in [4.78, 5) is 18.4. The fraction of sp³-hybridized carbons (Fsp3) is 0.714. The number of hydrogen-bond donors (Lipinski definition) is 1. The highest BCUT2D eigenvalue weighted by atomic mass is 32.1. The number of rotatable bonds is 5. The standard InChI is InChI=1S/C14H23N3O2S/c1-3-19-14(18)13-16-11(9-20-13)8-17-5-4-10(2)6-12(17)7-15/h9-10,12H,3-8,15H2,1-2H3. The first kappa shape index (κ1) is 15.4. The van der Waals surface area contributed by atoms with E-state index < -0.39 is 0 Å². The minimum Gasteiger partial charge on any atom is -0.461 e. The topological polar surface area (TPSA) is 68.5 Å². The van der Waals surface area contributed by atoms with Gasteiger partial charge in [0.05, 0.1) is 12.3 Å². The van der Waals surface area contributed by atoms with E-state index >= 15 is 0 Å². The normalized spacial score (nSPS) is 23.8. The summed E-state index contributed by atoms with van der Waals surface area (Å²) >= 11 is 1.35. The molecule has 1 aromatic rings. The highest BCUT2D eigenvalue weighted by molar-refractivity contribution is 7.11. The van der Waals surface area contributed by atoms with Gasteiger partial charge in [-0.05, 0) is 32.2 Å². The number of piperidine rings is 1. The molecular formula is C14H23N3O2S. The van der Waals surface area contributed by atoms with Crippen LogP contribution in [0.3, 0.4) is 0 Å². The van der Waals surface area contributed by atoms with Crippen molar-refractivity contribution in [1.29, 1.82) is 0 Å². The van der Waals surface area contributed by atoms with E-state index in [4.69, 9.17) is 10.5 Å². The van der Waals surface area contributed by atoms with Crippen molar-refractivity contribution in [2.75, 3.05) is 19.7 Å². The monoisotopic (exact) mass is 297 g/mol. The van der Waals surface area contributed by atoms with Gasteiger partial charge in [0.15, 0.2) is 0 Å². The van der Waals surface area contributed by atoms with Crippen LogP contribution in [-0.2, 0) is 11.3 Å². The Hall–Kier alpha value is -0.980. The zero-order valence-electron chi connectivity index (χ0n) is 12.2. The van der Waals surface area contributed by atoms with Gasteiger partial charge in [0.25, 0.3) is 0 Å². The predicted octanol–water partition coefficient (Wildman–Crippen LogP) is 1.88. The Morgan fingerprint density at radius 1 is 1.65 bits per heavy atom. The Kier molecular flexibility index (Phi) is 5.51. The van der Waals surface area contributed by atoms with Gasteiger partial charge in [-0.3, -0.25) is 4.90 Å². The third-order valence-corrected chi connectivity index (χ3v) is 4.61. The molecule has 2 rings (SSSR count). The summed E-state index contributed by atoms with van der Waals surface area (Å²) in [7, 11) is 0. The highest BCUT2D eigenvalue weighted by Crippen LogP contribution is 2.24. The van der Waals surface area contributed by atoms with Crippen LogP contribution in [0.2, 0.25) is 0 Å². The van der Waals surface area contributed by atoms with E-state index in [0.29, 0.717) is 24.2 Å². The quantitative estimate of drug-likeness (QED) is 0.840. The molecule has 0 spiro atoms. The molecule has 0 aromatic carbocycles. The summed E-state index contributed by atoms with van der Waals surface area (Å²) in [5.41, 5.74) is 6.81. The largest absolute Gasteiger partial charge is 0.461 e. The van der Waals surface area contributed by atoms with E-state index in [1.54, 1.807) is 6.92 Å². The Morgan fingerprint density at radius 2 is 2.45 bits per heavy atom. The molecule has 0 radical (unpaired) electrons. The van der Waals surface area contributed by atoms with Crippen LogP contribution in [0.5, 0.6) is 0 Å². The summed E-state index contributed by atoms with van der Waals surface area (Å²) in [6, 6.07) is 0.423. The van der Waals surface area contributed by atoms with Gasteiger partial charge in [0, 0.05) is 24.5 Å². The molecular weight excluding hydrogens is 274 g/mol. The van der Waals surface area contributed by atoms with Crippen molar-refractivity contribution in [3.05, 3.63) is 16.1 Å². The van der Waals surface area contributed by atoms with Crippen molar-refractivity contribution in [3.8, 4) is 0 Å². The Bertz CT molecular complexity index is 449. The number of hydrogen-bond acceptors (Lipinski definition) is 6. The van der Waals surface area contributed by atoms with E-state index in [9.17, 15) is 4.79 Å². The van der Waals surface area contributed by atoms with Crippen LogP contribution < -0.4 is 5.73 Å². The zero-order chi connectivity index (χ0) is 14.5. The molecule has 1 aliphatic rings. The summed E-state index contributed by atoms with van der Waals surface area (Å²) in [5.74, 6) is 0.414. The molecule has 1 fully saturated rings. The average Bonchev–Trinajstić information content (AvgIpc) is 2.89. The molecule has 1 saturated heterocycles. The van der Waals surface area contributed by atoms with E-state index in [1.807, 2.05) is 5.38 Å². The fourth-order valence-electron chi connectivity index (χ4n) is 2.63. The number of nitrogens with two attached hydrogens (primary N) is 1. The summed E-state index contributed by atoms with van der Waals surface area (Å²) in [6.07, 6.45) is 2.34. The van der Waals surface area contributed by atoms with Crippen LogP contribution >= 0.6 is 11.3 Å². The molecule has 2 unspecified atom stereocenters. The molecule has 2 heterocycles. The van der Waals surface area contributed by atoms with Crippen molar-refractivity contribution in [2.24, 2.45) is 11.7 Å². The maximum absolute atomic E-state index is 11.6. The van der Waals surface area contributed by atoms with Gasteiger partial charge in [0.1, 0.15) is 0 Å². The first-order valence-corrected chi connectivity index (χ1v) is 8.07. The Labute approximate surface area is 124 Å². The Morgan fingerprint density at radius 3 is 3.15 bits per heavy atom. The lowest BCUT2D eigenvalue weighted by Crippen LogP contribution is -2.45. The summed E-state index contributed by atoms with van der Waals surface area (Å²) in [5, 5.41) is 2.38. The second kappa shape index (κ2) is 7.15. The average molecular weight is 297 g/mol. The lowest BCUT2D eigenvalue weighted by atomic mass is 9.92. The molecule has 0 amide bonds. The van der Waals surface area contributed by atoms with Crippen LogP contribution in [0.4, 0.5) is 0 Å². The van der Waals surface area contributed by atoms with Gasteiger partial charge in [0.2, 0.25) is 5.01 Å². The second-order valence-corrected chi connectivity index (χ2v) is 6.21. The lowest BCUT2D eigenvalue weighted by Gasteiger charge is -2.37. The van der Waals surface area contributed by atoms with Crippen LogP contribution in [0.25, 0.3) is 0 Å². The van der Waals surface area contributed by atoms with Crippen molar-refractivity contribution >= 4 is 17.3 Å². The van der Waals surface area contributed by atoms with Gasteiger partial charge < -0.3 is 10.5 Å². The number of ether oxygens (including phenoxy) is 1. The number of aromatic nitrogens is 1. The van der Waals surface area contributed by atoms with E-state index in [-0.39, 0.29) is 5.97 Å². The van der Waals surface area contributed by atoms with Gasteiger partial charge >= 0.3 is 5.97 Å². The summed E-state index contributed by atoms with van der Waals surface area (Å²) < 4.78 is 4.96. The van der Waals surface area contributed by atoms with Crippen molar-refractivity contribution in [1.82, 2.24) is 9.88 Å². The third-order valence-electron chi connectivity index (χ3n) is 3.74. The summed E-state index contributed by atoms with van der Waals surface area (Å²) in [6.45, 7) is 6.96. The van der Waals surface area contributed by atoms with E-state index in [2.05, 4.69) is 16.8 Å². The van der Waals surface area contributed by atoms with Gasteiger partial charge in [-0.2, -0.15) is 0 Å². The minimum atomic E-state index is -0.327.